The minimum Gasteiger partial charge on any atom is -0.487 e. The van der Waals surface area contributed by atoms with E-state index < -0.39 is 0 Å². The fraction of sp³-hybridized carbons (Fsp3) is 0.594. The van der Waals surface area contributed by atoms with Crippen molar-refractivity contribution in [2.45, 2.75) is 97.1 Å². The number of esters is 1. The molecule has 2 rings (SSSR count). The Labute approximate surface area is 220 Å². The topological polar surface area (TPSA) is 35.5 Å². The van der Waals surface area contributed by atoms with E-state index in [4.69, 9.17) is 9.47 Å². The maximum absolute atomic E-state index is 12.5. The average molecular weight is 497 g/mol. The second-order valence-electron chi connectivity index (χ2n) is 10.9. The summed E-state index contributed by atoms with van der Waals surface area (Å²) in [4.78, 5) is 12.5. The SMILES string of the molecule is CCCCCCCCCCCCc1ccccc1OC(C)COC(=O)C[N+](C)(C)Cc1ccccc1. The van der Waals surface area contributed by atoms with Gasteiger partial charge in [0.2, 0.25) is 0 Å². The average Bonchev–Trinajstić information content (AvgIpc) is 2.85. The second-order valence-corrected chi connectivity index (χ2v) is 10.9. The van der Waals surface area contributed by atoms with Gasteiger partial charge in [0, 0.05) is 5.56 Å². The number of likely N-dealkylation sites (N-methyl/N-ethyl adjacent to an activating group) is 1. The Hall–Kier alpha value is -2.33. The van der Waals surface area contributed by atoms with Crippen LogP contribution in [-0.4, -0.2) is 43.8 Å². The van der Waals surface area contributed by atoms with Gasteiger partial charge in [0.15, 0.2) is 6.54 Å². The number of carbonyl (C=O) groups is 1. The molecule has 0 N–H and O–H groups in total. The van der Waals surface area contributed by atoms with Gasteiger partial charge in [-0.3, -0.25) is 0 Å². The van der Waals surface area contributed by atoms with Crippen molar-refractivity contribution in [3.05, 3.63) is 65.7 Å². The van der Waals surface area contributed by atoms with Crippen LogP contribution in [0.5, 0.6) is 5.75 Å². The van der Waals surface area contributed by atoms with Gasteiger partial charge in [-0.25, -0.2) is 4.79 Å². The van der Waals surface area contributed by atoms with Crippen LogP contribution >= 0.6 is 0 Å². The molecule has 0 radical (unpaired) electrons. The van der Waals surface area contributed by atoms with Crippen molar-refractivity contribution in [2.24, 2.45) is 0 Å². The van der Waals surface area contributed by atoms with Crippen molar-refractivity contribution < 1.29 is 18.8 Å². The summed E-state index contributed by atoms with van der Waals surface area (Å²) in [6.45, 7) is 5.62. The van der Waals surface area contributed by atoms with Crippen molar-refractivity contribution in [3.8, 4) is 5.75 Å². The number of carbonyl (C=O) groups excluding carboxylic acids is 1. The van der Waals surface area contributed by atoms with Crippen molar-refractivity contribution in [1.82, 2.24) is 0 Å². The van der Waals surface area contributed by atoms with E-state index in [0.717, 1.165) is 18.7 Å². The zero-order valence-electron chi connectivity index (χ0n) is 23.3. The number of ether oxygens (including phenoxy) is 2. The van der Waals surface area contributed by atoms with Gasteiger partial charge < -0.3 is 14.0 Å². The van der Waals surface area contributed by atoms with Gasteiger partial charge in [-0.15, -0.1) is 0 Å². The van der Waals surface area contributed by atoms with E-state index in [-0.39, 0.29) is 18.7 Å². The molecule has 0 aliphatic heterocycles. The zero-order valence-corrected chi connectivity index (χ0v) is 23.3. The first-order chi connectivity index (χ1) is 17.4. The standard InChI is InChI=1S/C32H50NO3/c1-5-6-7-8-9-10-11-12-13-17-22-30-23-18-19-24-31(30)36-28(2)27-35-32(34)26-33(3,4)25-29-20-15-14-16-21-29/h14-16,18-21,23-24,28H,5-13,17,22,25-27H2,1-4H3/q+1. The van der Waals surface area contributed by atoms with Crippen LogP contribution in [-0.2, 0) is 22.5 Å². The first-order valence-corrected chi connectivity index (χ1v) is 14.2. The molecule has 4 heteroatoms. The molecule has 0 heterocycles. The lowest BCUT2D eigenvalue weighted by molar-refractivity contribution is -0.896. The van der Waals surface area contributed by atoms with Crippen LogP contribution in [0.15, 0.2) is 54.6 Å². The number of aryl methyl sites for hydroxylation is 1. The first kappa shape index (κ1) is 29.9. The van der Waals surface area contributed by atoms with Gasteiger partial charge in [0.25, 0.3) is 0 Å². The number of quaternary nitrogens is 1. The third kappa shape index (κ3) is 13.1. The van der Waals surface area contributed by atoms with Crippen molar-refractivity contribution in [3.63, 3.8) is 0 Å². The maximum atomic E-state index is 12.5. The van der Waals surface area contributed by atoms with E-state index in [9.17, 15) is 4.79 Å². The Kier molecular flexibility index (Phi) is 14.3. The molecule has 0 aliphatic rings. The molecule has 4 nitrogen and oxygen atoms in total. The number of hydrogen-bond donors (Lipinski definition) is 0. The Bertz CT molecular complexity index is 849. The van der Waals surface area contributed by atoms with Crippen LogP contribution in [0.1, 0.15) is 89.2 Å². The van der Waals surface area contributed by atoms with Crippen LogP contribution in [0.3, 0.4) is 0 Å². The van der Waals surface area contributed by atoms with Crippen LogP contribution in [0.4, 0.5) is 0 Å². The Morgan fingerprint density at radius 3 is 2.06 bits per heavy atom. The van der Waals surface area contributed by atoms with Crippen molar-refractivity contribution in [1.29, 1.82) is 0 Å². The molecular formula is C32H50NO3+. The zero-order chi connectivity index (χ0) is 26.1. The van der Waals surface area contributed by atoms with Gasteiger partial charge in [-0.1, -0.05) is 113 Å². The Balaban J connectivity index is 1.66. The van der Waals surface area contributed by atoms with E-state index >= 15 is 0 Å². The summed E-state index contributed by atoms with van der Waals surface area (Å²) in [5.74, 6) is 0.724. The third-order valence-electron chi connectivity index (χ3n) is 6.59. The molecule has 0 spiro atoms. The first-order valence-electron chi connectivity index (χ1n) is 14.2. The number of rotatable bonds is 19. The fourth-order valence-corrected chi connectivity index (χ4v) is 4.62. The van der Waals surface area contributed by atoms with Gasteiger partial charge in [-0.05, 0) is 31.4 Å². The number of unbranched alkanes of at least 4 members (excludes halogenated alkanes) is 9. The summed E-state index contributed by atoms with van der Waals surface area (Å²) < 4.78 is 12.3. The van der Waals surface area contributed by atoms with Crippen LogP contribution in [0.2, 0.25) is 0 Å². The molecule has 0 fully saturated rings. The molecule has 0 saturated carbocycles. The number of benzene rings is 2. The summed E-state index contributed by atoms with van der Waals surface area (Å²) >= 11 is 0. The predicted molar refractivity (Wildman–Crippen MR) is 150 cm³/mol. The Morgan fingerprint density at radius 1 is 0.806 bits per heavy atom. The van der Waals surface area contributed by atoms with E-state index in [1.54, 1.807) is 0 Å². The molecule has 1 atom stereocenters. The summed E-state index contributed by atoms with van der Waals surface area (Å²) in [6.07, 6.45) is 14.3. The molecule has 0 amide bonds. The molecule has 2 aromatic carbocycles. The lowest BCUT2D eigenvalue weighted by atomic mass is 10.0. The molecule has 0 aliphatic carbocycles. The lowest BCUT2D eigenvalue weighted by Crippen LogP contribution is -2.44. The molecule has 0 bridgehead atoms. The molecule has 36 heavy (non-hydrogen) atoms. The molecule has 0 saturated heterocycles. The highest BCUT2D eigenvalue weighted by Crippen LogP contribution is 2.22. The van der Waals surface area contributed by atoms with Gasteiger partial charge in [0.1, 0.15) is 25.0 Å². The molecular weight excluding hydrogens is 446 g/mol. The van der Waals surface area contributed by atoms with E-state index in [2.05, 4.69) is 45.3 Å². The monoisotopic (exact) mass is 496 g/mol. The normalized spacial score (nSPS) is 12.3. The van der Waals surface area contributed by atoms with Gasteiger partial charge in [0.05, 0.1) is 14.1 Å². The highest BCUT2D eigenvalue weighted by Gasteiger charge is 2.22. The largest absolute Gasteiger partial charge is 0.487 e. The minimum absolute atomic E-state index is 0.187. The van der Waals surface area contributed by atoms with E-state index in [1.807, 2.05) is 37.3 Å². The molecule has 1 unspecified atom stereocenters. The fourth-order valence-electron chi connectivity index (χ4n) is 4.62. The maximum Gasteiger partial charge on any atom is 0.361 e. The van der Waals surface area contributed by atoms with Crippen molar-refractivity contribution in [2.75, 3.05) is 27.2 Å². The summed E-state index contributed by atoms with van der Waals surface area (Å²) in [5, 5.41) is 0. The van der Waals surface area contributed by atoms with Gasteiger partial charge >= 0.3 is 5.97 Å². The smallest absolute Gasteiger partial charge is 0.361 e. The van der Waals surface area contributed by atoms with E-state index in [1.165, 1.54) is 75.3 Å². The highest BCUT2D eigenvalue weighted by molar-refractivity contribution is 5.70. The number of hydrogen-bond acceptors (Lipinski definition) is 3. The highest BCUT2D eigenvalue weighted by atomic mass is 16.6. The molecule has 200 valence electrons. The molecule has 0 aromatic heterocycles. The van der Waals surface area contributed by atoms with Gasteiger partial charge in [-0.2, -0.15) is 0 Å². The Morgan fingerprint density at radius 2 is 1.39 bits per heavy atom. The summed E-state index contributed by atoms with van der Waals surface area (Å²) in [6, 6.07) is 18.5. The molecule has 2 aromatic rings. The number of para-hydroxylation sites is 1. The van der Waals surface area contributed by atoms with Crippen LogP contribution < -0.4 is 4.74 Å². The van der Waals surface area contributed by atoms with E-state index in [0.29, 0.717) is 11.0 Å². The number of nitrogens with zero attached hydrogens (tertiary/aromatic N) is 1. The summed E-state index contributed by atoms with van der Waals surface area (Å²) in [7, 11) is 4.11. The van der Waals surface area contributed by atoms with Crippen LogP contribution in [0.25, 0.3) is 0 Å². The van der Waals surface area contributed by atoms with Crippen LogP contribution in [0, 0.1) is 0 Å². The lowest BCUT2D eigenvalue weighted by Gasteiger charge is -2.29. The predicted octanol–water partition coefficient (Wildman–Crippen LogP) is 7.74. The second kappa shape index (κ2) is 17.2. The summed E-state index contributed by atoms with van der Waals surface area (Å²) in [5.41, 5.74) is 2.46. The third-order valence-corrected chi connectivity index (χ3v) is 6.59. The minimum atomic E-state index is -0.190. The quantitative estimate of drug-likeness (QED) is 0.113. The van der Waals surface area contributed by atoms with Crippen molar-refractivity contribution >= 4 is 5.97 Å².